The third-order valence-corrected chi connectivity index (χ3v) is 4.18. The van der Waals surface area contributed by atoms with E-state index in [0.717, 1.165) is 13.1 Å². The number of carbonyl (C=O) groups is 1. The van der Waals surface area contributed by atoms with Crippen LogP contribution in [0.25, 0.3) is 0 Å². The Balaban J connectivity index is 2.26. The minimum Gasteiger partial charge on any atom is -0.356 e. The molecule has 0 aromatic heterocycles. The van der Waals surface area contributed by atoms with Crippen LogP contribution >= 0.6 is 0 Å². The number of nitrogens with one attached hydrogen (secondary N) is 2. The Kier molecular flexibility index (Phi) is 4.53. The quantitative estimate of drug-likeness (QED) is 0.627. The Morgan fingerprint density at radius 3 is 2.60 bits per heavy atom. The fourth-order valence-electron chi connectivity index (χ4n) is 1.44. The molecule has 1 fully saturated rings. The number of rotatable bonds is 6. The van der Waals surface area contributed by atoms with Crippen molar-refractivity contribution in [1.29, 1.82) is 0 Å². The highest BCUT2D eigenvalue weighted by molar-refractivity contribution is 7.91. The summed E-state index contributed by atoms with van der Waals surface area (Å²) in [5, 5.41) is 5.61. The smallest absolute Gasteiger partial charge is 0.221 e. The predicted molar refractivity (Wildman–Crippen MR) is 58.3 cm³/mol. The lowest BCUT2D eigenvalue weighted by Crippen LogP contribution is -2.46. The fourth-order valence-corrected chi connectivity index (χ4v) is 3.06. The Bertz CT molecular complexity index is 309. The highest BCUT2D eigenvalue weighted by Crippen LogP contribution is 2.08. The molecule has 6 heteroatoms. The standard InChI is InChI=1S/C9H18N2O3S/c1-2-11-9(12)3-4-15(13,14)7-8-5-10-6-8/h8,10H,2-7H2,1H3,(H,11,12). The third kappa shape index (κ3) is 4.61. The normalized spacial score (nSPS) is 17.1. The van der Waals surface area contributed by atoms with Crippen LogP contribution < -0.4 is 10.6 Å². The van der Waals surface area contributed by atoms with Crippen LogP contribution in [0.1, 0.15) is 13.3 Å². The second-order valence-corrected chi connectivity index (χ2v) is 6.07. The van der Waals surface area contributed by atoms with Crippen molar-refractivity contribution < 1.29 is 13.2 Å². The number of hydrogen-bond acceptors (Lipinski definition) is 4. The van der Waals surface area contributed by atoms with Gasteiger partial charge in [-0.05, 0) is 12.8 Å². The van der Waals surface area contributed by atoms with Crippen LogP contribution in [-0.2, 0) is 14.6 Å². The minimum atomic E-state index is -3.06. The summed E-state index contributed by atoms with van der Waals surface area (Å²) in [6.45, 7) is 3.92. The first kappa shape index (κ1) is 12.4. The lowest BCUT2D eigenvalue weighted by molar-refractivity contribution is -0.120. The Morgan fingerprint density at radius 1 is 1.47 bits per heavy atom. The van der Waals surface area contributed by atoms with Crippen molar-refractivity contribution in [2.75, 3.05) is 31.1 Å². The largest absolute Gasteiger partial charge is 0.356 e. The molecule has 1 rings (SSSR count). The summed E-state index contributed by atoms with van der Waals surface area (Å²) in [6, 6.07) is 0. The van der Waals surface area contributed by atoms with Gasteiger partial charge in [0.05, 0.1) is 11.5 Å². The summed E-state index contributed by atoms with van der Waals surface area (Å²) in [5.74, 6) is 0.228. The van der Waals surface area contributed by atoms with Crippen molar-refractivity contribution in [3.63, 3.8) is 0 Å². The molecule has 0 atom stereocenters. The SMILES string of the molecule is CCNC(=O)CCS(=O)(=O)CC1CNC1. The first-order chi connectivity index (χ1) is 7.03. The molecule has 1 saturated heterocycles. The molecule has 88 valence electrons. The summed E-state index contributed by atoms with van der Waals surface area (Å²) < 4.78 is 23.1. The van der Waals surface area contributed by atoms with Crippen molar-refractivity contribution in [2.24, 2.45) is 5.92 Å². The lowest BCUT2D eigenvalue weighted by Gasteiger charge is -2.26. The van der Waals surface area contributed by atoms with Crippen LogP contribution in [0.15, 0.2) is 0 Å². The van der Waals surface area contributed by atoms with E-state index in [9.17, 15) is 13.2 Å². The summed E-state index contributed by atoms with van der Waals surface area (Å²) in [6.07, 6.45) is 0.0797. The van der Waals surface area contributed by atoms with Gasteiger partial charge in [0.2, 0.25) is 5.91 Å². The molecule has 0 bridgehead atoms. The van der Waals surface area contributed by atoms with Crippen LogP contribution in [0.3, 0.4) is 0 Å². The Hall–Kier alpha value is -0.620. The van der Waals surface area contributed by atoms with Crippen LogP contribution in [0.5, 0.6) is 0 Å². The monoisotopic (exact) mass is 234 g/mol. The van der Waals surface area contributed by atoms with E-state index in [-0.39, 0.29) is 29.8 Å². The van der Waals surface area contributed by atoms with E-state index < -0.39 is 9.84 Å². The summed E-state index contributed by atoms with van der Waals surface area (Å²) in [4.78, 5) is 11.1. The molecule has 1 heterocycles. The Morgan fingerprint density at radius 2 is 2.13 bits per heavy atom. The average Bonchev–Trinajstić information content (AvgIpc) is 2.10. The second kappa shape index (κ2) is 5.46. The van der Waals surface area contributed by atoms with E-state index in [1.807, 2.05) is 6.92 Å². The van der Waals surface area contributed by atoms with Gasteiger partial charge in [0.1, 0.15) is 0 Å². The molecule has 5 nitrogen and oxygen atoms in total. The maximum Gasteiger partial charge on any atom is 0.221 e. The van der Waals surface area contributed by atoms with Gasteiger partial charge < -0.3 is 10.6 Å². The molecule has 0 saturated carbocycles. The average molecular weight is 234 g/mol. The molecule has 0 aliphatic carbocycles. The topological polar surface area (TPSA) is 75.3 Å². The van der Waals surface area contributed by atoms with E-state index in [4.69, 9.17) is 0 Å². The van der Waals surface area contributed by atoms with Gasteiger partial charge in [-0.25, -0.2) is 8.42 Å². The van der Waals surface area contributed by atoms with Gasteiger partial charge in [0.15, 0.2) is 9.84 Å². The van der Waals surface area contributed by atoms with Gasteiger partial charge in [0.25, 0.3) is 0 Å². The molecular weight excluding hydrogens is 216 g/mol. The number of amides is 1. The summed E-state index contributed by atoms with van der Waals surface area (Å²) in [7, 11) is -3.06. The molecule has 0 aromatic rings. The fraction of sp³-hybridized carbons (Fsp3) is 0.889. The molecule has 1 amide bonds. The van der Waals surface area contributed by atoms with Crippen LogP contribution in [-0.4, -0.2) is 45.5 Å². The number of sulfone groups is 1. The zero-order valence-electron chi connectivity index (χ0n) is 8.95. The van der Waals surface area contributed by atoms with Crippen molar-refractivity contribution in [3.8, 4) is 0 Å². The maximum absolute atomic E-state index is 11.5. The van der Waals surface area contributed by atoms with Gasteiger partial charge in [-0.15, -0.1) is 0 Å². The predicted octanol–water partition coefficient (Wildman–Crippen LogP) is -0.853. The highest BCUT2D eigenvalue weighted by atomic mass is 32.2. The lowest BCUT2D eigenvalue weighted by atomic mass is 10.1. The van der Waals surface area contributed by atoms with E-state index in [2.05, 4.69) is 10.6 Å². The molecule has 0 aromatic carbocycles. The van der Waals surface area contributed by atoms with Crippen molar-refractivity contribution >= 4 is 15.7 Å². The van der Waals surface area contributed by atoms with E-state index in [1.165, 1.54) is 0 Å². The molecule has 0 radical (unpaired) electrons. The number of carbonyl (C=O) groups excluding carboxylic acids is 1. The van der Waals surface area contributed by atoms with Gasteiger partial charge in [-0.2, -0.15) is 0 Å². The zero-order valence-corrected chi connectivity index (χ0v) is 9.77. The second-order valence-electron chi connectivity index (χ2n) is 3.84. The van der Waals surface area contributed by atoms with Crippen molar-refractivity contribution in [2.45, 2.75) is 13.3 Å². The third-order valence-electron chi connectivity index (χ3n) is 2.37. The zero-order chi connectivity index (χ0) is 11.3. The molecule has 0 unspecified atom stereocenters. The molecule has 0 spiro atoms. The van der Waals surface area contributed by atoms with Crippen LogP contribution in [0.2, 0.25) is 0 Å². The van der Waals surface area contributed by atoms with E-state index >= 15 is 0 Å². The maximum atomic E-state index is 11.5. The first-order valence-corrected chi connectivity index (χ1v) is 7.03. The molecule has 15 heavy (non-hydrogen) atoms. The minimum absolute atomic E-state index is 0.0324. The summed E-state index contributed by atoms with van der Waals surface area (Å²) >= 11 is 0. The Labute approximate surface area is 90.5 Å². The molecule has 2 N–H and O–H groups in total. The molecule has 1 aliphatic rings. The van der Waals surface area contributed by atoms with Crippen molar-refractivity contribution in [3.05, 3.63) is 0 Å². The van der Waals surface area contributed by atoms with Crippen molar-refractivity contribution in [1.82, 2.24) is 10.6 Å². The van der Waals surface area contributed by atoms with E-state index in [0.29, 0.717) is 6.54 Å². The van der Waals surface area contributed by atoms with Gasteiger partial charge in [-0.1, -0.05) is 0 Å². The van der Waals surface area contributed by atoms with Gasteiger partial charge >= 0.3 is 0 Å². The van der Waals surface area contributed by atoms with Gasteiger partial charge in [0, 0.05) is 26.1 Å². The van der Waals surface area contributed by atoms with E-state index in [1.54, 1.807) is 0 Å². The first-order valence-electron chi connectivity index (χ1n) is 5.21. The highest BCUT2D eigenvalue weighted by Gasteiger charge is 2.24. The summed E-state index contributed by atoms with van der Waals surface area (Å²) in [5.41, 5.74) is 0. The molecular formula is C9H18N2O3S. The van der Waals surface area contributed by atoms with Crippen LogP contribution in [0.4, 0.5) is 0 Å². The van der Waals surface area contributed by atoms with Crippen LogP contribution in [0, 0.1) is 5.92 Å². The van der Waals surface area contributed by atoms with Gasteiger partial charge in [-0.3, -0.25) is 4.79 Å². The molecule has 1 aliphatic heterocycles. The number of hydrogen-bond donors (Lipinski definition) is 2.